The first-order valence-corrected chi connectivity index (χ1v) is 13.0. The Hall–Kier alpha value is -2.06. The second-order valence-corrected chi connectivity index (χ2v) is 10.8. The molecule has 3 aliphatic rings. The van der Waals surface area contributed by atoms with E-state index >= 15 is 0 Å². The number of carbonyl (C=O) groups excluding carboxylic acids is 3. The molecule has 2 N–H and O–H groups in total. The summed E-state index contributed by atoms with van der Waals surface area (Å²) >= 11 is 1.67. The molecular formula is C25H34N2O5S. The van der Waals surface area contributed by atoms with Gasteiger partial charge in [0.2, 0.25) is 11.8 Å². The van der Waals surface area contributed by atoms with Crippen LogP contribution in [-0.4, -0.2) is 63.6 Å². The van der Waals surface area contributed by atoms with Gasteiger partial charge in [-0.1, -0.05) is 43.2 Å². The van der Waals surface area contributed by atoms with Gasteiger partial charge in [-0.3, -0.25) is 14.4 Å². The number of aliphatic hydroxyl groups excluding tert-OH is 1. The first-order chi connectivity index (χ1) is 16.0. The van der Waals surface area contributed by atoms with Gasteiger partial charge in [-0.05, 0) is 38.2 Å². The molecule has 2 bridgehead atoms. The second-order valence-electron chi connectivity index (χ2n) is 9.18. The third-order valence-corrected chi connectivity index (χ3v) is 9.18. The van der Waals surface area contributed by atoms with Gasteiger partial charge in [-0.2, -0.15) is 0 Å². The van der Waals surface area contributed by atoms with Crippen molar-refractivity contribution < 1.29 is 24.2 Å². The lowest BCUT2D eigenvalue weighted by molar-refractivity contribution is -0.153. The minimum atomic E-state index is -0.578. The van der Waals surface area contributed by atoms with Crippen molar-refractivity contribution in [3.63, 3.8) is 0 Å². The molecule has 5 atom stereocenters. The Kier molecular flexibility index (Phi) is 7.64. The van der Waals surface area contributed by atoms with Crippen LogP contribution in [0.2, 0.25) is 0 Å². The maximum absolute atomic E-state index is 13.7. The fraction of sp³-hybridized carbons (Fsp3) is 0.640. The third kappa shape index (κ3) is 4.52. The Morgan fingerprint density at radius 1 is 1.21 bits per heavy atom. The van der Waals surface area contributed by atoms with E-state index in [4.69, 9.17) is 9.84 Å². The Balaban J connectivity index is 1.56. The maximum atomic E-state index is 13.7. The zero-order valence-corrected chi connectivity index (χ0v) is 20.0. The van der Waals surface area contributed by atoms with Crippen molar-refractivity contribution in [1.29, 1.82) is 0 Å². The van der Waals surface area contributed by atoms with Crippen molar-refractivity contribution in [3.8, 4) is 0 Å². The van der Waals surface area contributed by atoms with Gasteiger partial charge in [-0.25, -0.2) is 0 Å². The van der Waals surface area contributed by atoms with Crippen molar-refractivity contribution in [2.75, 3.05) is 19.8 Å². The SMILES string of the molecule is CCOC(=O)[C@@H]1[C@@H]2CCC3(S2)C(C(=O)NCc2ccccc2)N(CCCCCCO)C(=O)[C@H]13. The summed E-state index contributed by atoms with van der Waals surface area (Å²) in [4.78, 5) is 41.8. The van der Waals surface area contributed by atoms with Gasteiger partial charge in [-0.15, -0.1) is 11.8 Å². The molecule has 0 radical (unpaired) electrons. The molecule has 4 rings (SSSR count). The number of nitrogens with zero attached hydrogens (tertiary/aromatic N) is 1. The number of hydrogen-bond acceptors (Lipinski definition) is 6. The fourth-order valence-electron chi connectivity index (χ4n) is 5.83. The zero-order valence-electron chi connectivity index (χ0n) is 19.2. The number of hydrogen-bond donors (Lipinski definition) is 2. The molecule has 180 valence electrons. The molecule has 1 spiro atoms. The van der Waals surface area contributed by atoms with E-state index in [-0.39, 0.29) is 36.2 Å². The highest BCUT2D eigenvalue weighted by molar-refractivity contribution is 8.02. The van der Waals surface area contributed by atoms with E-state index in [0.29, 0.717) is 13.1 Å². The number of amides is 2. The molecule has 2 amide bonds. The average Bonchev–Trinajstić information content (AvgIpc) is 3.46. The van der Waals surface area contributed by atoms with Crippen LogP contribution in [-0.2, 0) is 25.7 Å². The van der Waals surface area contributed by atoms with E-state index in [0.717, 1.165) is 44.1 Å². The third-order valence-electron chi connectivity index (χ3n) is 7.22. The van der Waals surface area contributed by atoms with Gasteiger partial charge in [0, 0.05) is 24.9 Å². The number of aliphatic hydroxyl groups is 1. The summed E-state index contributed by atoms with van der Waals surface area (Å²) < 4.78 is 4.78. The van der Waals surface area contributed by atoms with E-state index in [9.17, 15) is 14.4 Å². The van der Waals surface area contributed by atoms with Crippen molar-refractivity contribution >= 4 is 29.5 Å². The van der Waals surface area contributed by atoms with Gasteiger partial charge >= 0.3 is 5.97 Å². The van der Waals surface area contributed by atoms with E-state index in [1.165, 1.54) is 0 Å². The van der Waals surface area contributed by atoms with Gasteiger partial charge in [0.15, 0.2) is 0 Å². The molecule has 3 heterocycles. The standard InChI is InChI=1S/C25H34N2O5S/c1-2-32-24(31)19-18-12-13-25(33-18)20(19)23(30)27(14-8-3-4-9-15-28)21(25)22(29)26-16-17-10-6-5-7-11-17/h5-7,10-11,18-21,28H,2-4,8-9,12-16H2,1H3,(H,26,29)/t18-,19+,20-,21?,25?/m0/s1. The Morgan fingerprint density at radius 3 is 2.70 bits per heavy atom. The lowest BCUT2D eigenvalue weighted by Crippen LogP contribution is -2.53. The smallest absolute Gasteiger partial charge is 0.310 e. The summed E-state index contributed by atoms with van der Waals surface area (Å²) in [5, 5.41) is 12.1. The van der Waals surface area contributed by atoms with E-state index < -0.39 is 22.6 Å². The number of benzene rings is 1. The Labute approximate surface area is 199 Å². The highest BCUT2D eigenvalue weighted by Crippen LogP contribution is 2.66. The first kappa shape index (κ1) is 24.1. The van der Waals surface area contributed by atoms with Gasteiger partial charge in [0.25, 0.3) is 0 Å². The Morgan fingerprint density at radius 2 is 1.97 bits per heavy atom. The Bertz CT molecular complexity index is 866. The summed E-state index contributed by atoms with van der Waals surface area (Å²) in [6, 6.07) is 9.16. The predicted molar refractivity (Wildman–Crippen MR) is 126 cm³/mol. The van der Waals surface area contributed by atoms with Crippen LogP contribution in [0, 0.1) is 11.8 Å². The van der Waals surface area contributed by atoms with Crippen LogP contribution in [0.25, 0.3) is 0 Å². The number of fused-ring (bicyclic) bond motifs is 1. The van der Waals surface area contributed by atoms with Crippen LogP contribution in [0.4, 0.5) is 0 Å². The molecule has 3 fully saturated rings. The lowest BCUT2D eigenvalue weighted by atomic mass is 9.71. The lowest BCUT2D eigenvalue weighted by Gasteiger charge is -2.34. The summed E-state index contributed by atoms with van der Waals surface area (Å²) in [5.74, 6) is -1.49. The topological polar surface area (TPSA) is 95.9 Å². The van der Waals surface area contributed by atoms with Crippen LogP contribution < -0.4 is 5.32 Å². The monoisotopic (exact) mass is 474 g/mol. The molecule has 1 aromatic carbocycles. The molecule has 0 aromatic heterocycles. The van der Waals surface area contributed by atoms with Crippen molar-refractivity contribution in [2.45, 2.75) is 68.0 Å². The van der Waals surface area contributed by atoms with Crippen LogP contribution in [0.3, 0.4) is 0 Å². The number of carbonyl (C=O) groups is 3. The highest BCUT2D eigenvalue weighted by atomic mass is 32.2. The number of rotatable bonds is 11. The summed E-state index contributed by atoms with van der Waals surface area (Å²) in [7, 11) is 0. The average molecular weight is 475 g/mol. The zero-order chi connectivity index (χ0) is 23.4. The van der Waals surface area contributed by atoms with E-state index in [1.807, 2.05) is 30.3 Å². The molecule has 3 saturated heterocycles. The minimum Gasteiger partial charge on any atom is -0.466 e. The fourth-order valence-corrected chi connectivity index (χ4v) is 8.04. The van der Waals surface area contributed by atoms with Crippen LogP contribution in [0.5, 0.6) is 0 Å². The maximum Gasteiger partial charge on any atom is 0.310 e. The van der Waals surface area contributed by atoms with Gasteiger partial charge < -0.3 is 20.1 Å². The number of likely N-dealkylation sites (tertiary alicyclic amines) is 1. The van der Waals surface area contributed by atoms with Crippen LogP contribution in [0.1, 0.15) is 51.0 Å². The van der Waals surface area contributed by atoms with Crippen molar-refractivity contribution in [3.05, 3.63) is 35.9 Å². The second kappa shape index (κ2) is 10.5. The highest BCUT2D eigenvalue weighted by Gasteiger charge is 2.73. The number of nitrogens with one attached hydrogen (secondary N) is 1. The van der Waals surface area contributed by atoms with Crippen LogP contribution >= 0.6 is 11.8 Å². The van der Waals surface area contributed by atoms with Crippen molar-refractivity contribution in [1.82, 2.24) is 10.2 Å². The molecule has 2 unspecified atom stereocenters. The number of thioether (sulfide) groups is 1. The summed E-state index contributed by atoms with van der Waals surface area (Å²) in [6.45, 7) is 3.13. The number of esters is 1. The predicted octanol–water partition coefficient (Wildman–Crippen LogP) is 2.51. The van der Waals surface area contributed by atoms with Crippen molar-refractivity contribution in [2.24, 2.45) is 11.8 Å². The molecule has 8 heteroatoms. The molecule has 1 aromatic rings. The van der Waals surface area contributed by atoms with E-state index in [1.54, 1.807) is 23.6 Å². The molecule has 0 aliphatic carbocycles. The molecule has 0 saturated carbocycles. The largest absolute Gasteiger partial charge is 0.466 e. The van der Waals surface area contributed by atoms with E-state index in [2.05, 4.69) is 5.32 Å². The number of unbranched alkanes of at least 4 members (excludes halogenated alkanes) is 3. The first-order valence-electron chi connectivity index (χ1n) is 12.1. The quantitative estimate of drug-likeness (QED) is 0.378. The molecule has 3 aliphatic heterocycles. The van der Waals surface area contributed by atoms with Gasteiger partial charge in [0.1, 0.15) is 6.04 Å². The molecule has 7 nitrogen and oxygen atoms in total. The summed E-state index contributed by atoms with van der Waals surface area (Å²) in [6.07, 6.45) is 4.88. The normalized spacial score (nSPS) is 29.9. The molecule has 33 heavy (non-hydrogen) atoms. The van der Waals surface area contributed by atoms with Gasteiger partial charge in [0.05, 0.1) is 23.2 Å². The number of ether oxygens (including phenoxy) is 1. The minimum absolute atomic E-state index is 0.0362. The molecular weight excluding hydrogens is 440 g/mol. The summed E-state index contributed by atoms with van der Waals surface area (Å²) in [5.41, 5.74) is 1.01. The van der Waals surface area contributed by atoms with Crippen LogP contribution in [0.15, 0.2) is 30.3 Å².